The van der Waals surface area contributed by atoms with Crippen LogP contribution >= 0.6 is 0 Å². The van der Waals surface area contributed by atoms with Crippen LogP contribution in [-0.2, 0) is 20.0 Å². The summed E-state index contributed by atoms with van der Waals surface area (Å²) < 4.78 is 32.0. The average molecular weight is 464 g/mol. The third-order valence-corrected chi connectivity index (χ3v) is 6.61. The summed E-state index contributed by atoms with van der Waals surface area (Å²) in [4.78, 5) is 14.6. The molecule has 176 valence electrons. The molecule has 3 heterocycles. The number of nitrogens with zero attached hydrogens (tertiary/aromatic N) is 4. The number of carbonyl (C=O) groups excluding carboxylic acids is 1. The van der Waals surface area contributed by atoms with Crippen molar-refractivity contribution in [2.24, 2.45) is 7.05 Å². The minimum Gasteiger partial charge on any atom is -0.355 e. The van der Waals surface area contributed by atoms with Crippen LogP contribution < -0.4 is 10.2 Å². The van der Waals surface area contributed by atoms with Crippen molar-refractivity contribution in [3.63, 3.8) is 0 Å². The molecule has 0 aliphatic carbocycles. The largest absolute Gasteiger partial charge is 0.355 e. The lowest BCUT2D eigenvalue weighted by Gasteiger charge is -2.32. The van der Waals surface area contributed by atoms with Crippen molar-refractivity contribution >= 4 is 28.2 Å². The van der Waals surface area contributed by atoms with Gasteiger partial charge in [-0.05, 0) is 61.2 Å². The maximum Gasteiger partial charge on any atom is 0.264 e. The van der Waals surface area contributed by atoms with Crippen LogP contribution in [0.3, 0.4) is 0 Å². The van der Waals surface area contributed by atoms with Crippen LogP contribution in [0, 0.1) is 0 Å². The van der Waals surface area contributed by atoms with Crippen molar-refractivity contribution in [1.82, 2.24) is 19.7 Å². The van der Waals surface area contributed by atoms with Gasteiger partial charge >= 0.3 is 0 Å². The first-order chi connectivity index (χ1) is 16.4. The van der Waals surface area contributed by atoms with Gasteiger partial charge in [0.25, 0.3) is 12.3 Å². The van der Waals surface area contributed by atoms with Gasteiger partial charge in [0.15, 0.2) is 0 Å². The second-order valence-electron chi connectivity index (χ2n) is 8.64. The van der Waals surface area contributed by atoms with E-state index in [2.05, 4.69) is 15.3 Å². The Morgan fingerprint density at radius 3 is 2.71 bits per heavy atom. The summed E-state index contributed by atoms with van der Waals surface area (Å²) in [5.74, 6) is -0.144. The topological polar surface area (TPSA) is 55.1 Å². The normalized spacial score (nSPS) is 13.5. The fraction of sp³-hybridized carbons (Fsp3) is 0.308. The van der Waals surface area contributed by atoms with E-state index < -0.39 is 6.43 Å². The molecule has 0 fully saturated rings. The molecule has 8 heteroatoms. The molecule has 0 radical (unpaired) electrons. The van der Waals surface area contributed by atoms with Crippen LogP contribution in [0.4, 0.5) is 20.2 Å². The molecule has 0 spiro atoms. The standard InChI is InChI=1S/C26H27F2N5O/c1-4-32-15-22(26(34)29-2)20-11-18(7-8-23(20)32)33-9-5-6-16-10-19(17-13-30-31(3)14-17)21(25(27)28)12-24(16)33/h7-8,10-15,25H,4-6,9H2,1-3H3,(H,29,34). The maximum absolute atomic E-state index is 14.2. The van der Waals surface area contributed by atoms with Crippen molar-refractivity contribution < 1.29 is 13.6 Å². The van der Waals surface area contributed by atoms with Crippen molar-refractivity contribution in [3.8, 4) is 11.1 Å². The number of halogens is 2. The van der Waals surface area contributed by atoms with E-state index in [1.807, 2.05) is 42.0 Å². The quantitative estimate of drug-likeness (QED) is 0.429. The first kappa shape index (κ1) is 22.1. The van der Waals surface area contributed by atoms with Crippen molar-refractivity contribution in [2.75, 3.05) is 18.5 Å². The second kappa shape index (κ2) is 8.59. The first-order valence-corrected chi connectivity index (χ1v) is 11.5. The Morgan fingerprint density at radius 1 is 1.21 bits per heavy atom. The van der Waals surface area contributed by atoms with Gasteiger partial charge in [-0.15, -0.1) is 0 Å². The van der Waals surface area contributed by atoms with E-state index in [-0.39, 0.29) is 11.5 Å². The molecule has 0 saturated carbocycles. The molecule has 0 saturated heterocycles. The Balaban J connectivity index is 1.65. The highest BCUT2D eigenvalue weighted by Crippen LogP contribution is 2.42. The molecule has 4 aromatic rings. The maximum atomic E-state index is 14.2. The van der Waals surface area contributed by atoms with E-state index in [1.54, 1.807) is 37.2 Å². The number of benzene rings is 2. The summed E-state index contributed by atoms with van der Waals surface area (Å²) in [6.45, 7) is 3.50. The molecule has 6 nitrogen and oxygen atoms in total. The van der Waals surface area contributed by atoms with Crippen LogP contribution in [0.2, 0.25) is 0 Å². The number of anilines is 2. The molecule has 1 aliphatic rings. The lowest BCUT2D eigenvalue weighted by Crippen LogP contribution is -2.25. The number of alkyl halides is 2. The number of amides is 1. The summed E-state index contributed by atoms with van der Waals surface area (Å²) in [5.41, 5.74) is 5.53. The van der Waals surface area contributed by atoms with E-state index in [1.165, 1.54) is 0 Å². The van der Waals surface area contributed by atoms with Crippen molar-refractivity contribution in [1.29, 1.82) is 0 Å². The molecule has 1 amide bonds. The van der Waals surface area contributed by atoms with E-state index in [0.29, 0.717) is 16.7 Å². The van der Waals surface area contributed by atoms with Crippen molar-refractivity contribution in [3.05, 3.63) is 65.6 Å². The zero-order chi connectivity index (χ0) is 24.0. The van der Waals surface area contributed by atoms with Gasteiger partial charge < -0.3 is 14.8 Å². The van der Waals surface area contributed by atoms with Crippen LogP contribution in [-0.4, -0.2) is 33.8 Å². The number of aryl methyl sites for hydroxylation is 3. The predicted octanol–water partition coefficient (Wildman–Crippen LogP) is 5.44. The predicted molar refractivity (Wildman–Crippen MR) is 130 cm³/mol. The summed E-state index contributed by atoms with van der Waals surface area (Å²) >= 11 is 0. The molecular weight excluding hydrogens is 436 g/mol. The SMILES string of the molecule is CCn1cc(C(=O)NC)c2cc(N3CCCc4cc(-c5cnn(C)c5)c(C(F)F)cc43)ccc21. The van der Waals surface area contributed by atoms with Crippen LogP contribution in [0.5, 0.6) is 0 Å². The third kappa shape index (κ3) is 3.63. The molecule has 0 atom stereocenters. The monoisotopic (exact) mass is 463 g/mol. The molecule has 2 aromatic carbocycles. The minimum absolute atomic E-state index is 0.00270. The van der Waals surface area contributed by atoms with Gasteiger partial charge in [-0.3, -0.25) is 9.48 Å². The Labute approximate surface area is 196 Å². The minimum atomic E-state index is -2.61. The van der Waals surface area contributed by atoms with Gasteiger partial charge in [-0.2, -0.15) is 5.10 Å². The molecule has 0 unspecified atom stereocenters. The number of rotatable bonds is 5. The van der Waals surface area contributed by atoms with Gasteiger partial charge in [-0.25, -0.2) is 8.78 Å². The van der Waals surface area contributed by atoms with Crippen LogP contribution in [0.1, 0.15) is 41.3 Å². The fourth-order valence-electron chi connectivity index (χ4n) is 4.94. The molecule has 34 heavy (non-hydrogen) atoms. The zero-order valence-electron chi connectivity index (χ0n) is 19.5. The number of nitrogens with one attached hydrogen (secondary N) is 1. The van der Waals surface area contributed by atoms with Gasteiger partial charge in [0.1, 0.15) is 0 Å². The summed E-state index contributed by atoms with van der Waals surface area (Å²) in [6.07, 6.45) is 4.38. The summed E-state index contributed by atoms with van der Waals surface area (Å²) in [5, 5.41) is 7.73. The Morgan fingerprint density at radius 2 is 2.03 bits per heavy atom. The van der Waals surface area contributed by atoms with E-state index >= 15 is 0 Å². The van der Waals surface area contributed by atoms with Crippen LogP contribution in [0.25, 0.3) is 22.0 Å². The fourth-order valence-corrected chi connectivity index (χ4v) is 4.94. The van der Waals surface area contributed by atoms with Gasteiger partial charge in [0.2, 0.25) is 0 Å². The molecule has 1 N–H and O–H groups in total. The highest BCUT2D eigenvalue weighted by Gasteiger charge is 2.25. The van der Waals surface area contributed by atoms with Gasteiger partial charge in [-0.1, -0.05) is 0 Å². The van der Waals surface area contributed by atoms with Crippen LogP contribution in [0.15, 0.2) is 48.9 Å². The number of hydrogen-bond donors (Lipinski definition) is 1. The van der Waals surface area contributed by atoms with E-state index in [9.17, 15) is 13.6 Å². The lowest BCUT2D eigenvalue weighted by atomic mass is 9.92. The van der Waals surface area contributed by atoms with E-state index in [0.717, 1.165) is 53.8 Å². The Kier molecular flexibility index (Phi) is 5.59. The third-order valence-electron chi connectivity index (χ3n) is 6.61. The average Bonchev–Trinajstić information content (AvgIpc) is 3.45. The smallest absolute Gasteiger partial charge is 0.264 e. The highest BCUT2D eigenvalue weighted by molar-refractivity contribution is 6.07. The summed E-state index contributed by atoms with van der Waals surface area (Å²) in [7, 11) is 3.40. The second-order valence-corrected chi connectivity index (χ2v) is 8.64. The highest BCUT2D eigenvalue weighted by atomic mass is 19.3. The Bertz CT molecular complexity index is 1390. The number of fused-ring (bicyclic) bond motifs is 2. The van der Waals surface area contributed by atoms with Crippen molar-refractivity contribution in [2.45, 2.75) is 32.7 Å². The summed E-state index contributed by atoms with van der Waals surface area (Å²) in [6, 6.07) is 9.53. The zero-order valence-corrected chi connectivity index (χ0v) is 19.5. The van der Waals surface area contributed by atoms with Gasteiger partial charge in [0.05, 0.1) is 11.8 Å². The molecular formula is C26H27F2N5O. The first-order valence-electron chi connectivity index (χ1n) is 11.5. The molecule has 1 aliphatic heterocycles. The lowest BCUT2D eigenvalue weighted by molar-refractivity contribution is 0.0964. The molecule has 5 rings (SSSR count). The number of hydrogen-bond acceptors (Lipinski definition) is 3. The number of carbonyl (C=O) groups is 1. The molecule has 2 aromatic heterocycles. The van der Waals surface area contributed by atoms with Gasteiger partial charge in [0, 0.05) is 73.0 Å². The Hall–Kier alpha value is -3.68. The number of aromatic nitrogens is 3. The molecule has 0 bridgehead atoms. The van der Waals surface area contributed by atoms with E-state index in [4.69, 9.17) is 0 Å².